The lowest BCUT2D eigenvalue weighted by Gasteiger charge is -2.15. The van der Waals surface area contributed by atoms with Gasteiger partial charge in [-0.1, -0.05) is 60.3 Å². The molecule has 0 aromatic heterocycles. The molecular weight excluding hydrogens is 278 g/mol. The maximum absolute atomic E-state index is 4.71. The molecule has 3 rings (SSSR count). The third-order valence-corrected chi connectivity index (χ3v) is 4.27. The van der Waals surface area contributed by atoms with Gasteiger partial charge in [-0.05, 0) is 30.5 Å². The van der Waals surface area contributed by atoms with Crippen molar-refractivity contribution in [3.05, 3.63) is 65.2 Å². The summed E-state index contributed by atoms with van der Waals surface area (Å²) in [6.45, 7) is 4.16. The minimum atomic E-state index is 0.834. The molecule has 3 nitrogen and oxygen atoms in total. The van der Waals surface area contributed by atoms with E-state index in [0.717, 1.165) is 27.9 Å². The largest absolute Gasteiger partial charge is 0.255 e. The van der Waals surface area contributed by atoms with Crippen LogP contribution >= 0.6 is 11.8 Å². The van der Waals surface area contributed by atoms with E-state index in [-0.39, 0.29) is 0 Å². The fourth-order valence-corrected chi connectivity index (χ4v) is 3.01. The molecule has 4 heteroatoms. The Hall–Kier alpha value is -2.07. The summed E-state index contributed by atoms with van der Waals surface area (Å²) in [6.07, 6.45) is 0. The molecule has 1 aliphatic rings. The fourth-order valence-electron chi connectivity index (χ4n) is 2.24. The normalized spacial score (nSPS) is 16.5. The molecule has 1 aliphatic heterocycles. The van der Waals surface area contributed by atoms with Gasteiger partial charge in [-0.3, -0.25) is 5.43 Å². The van der Waals surface area contributed by atoms with Crippen molar-refractivity contribution in [1.29, 1.82) is 0 Å². The molecule has 0 aliphatic carbocycles. The third kappa shape index (κ3) is 3.16. The molecule has 0 saturated heterocycles. The van der Waals surface area contributed by atoms with Crippen LogP contribution in [0.15, 0.2) is 58.6 Å². The first-order chi connectivity index (χ1) is 10.2. The Balaban J connectivity index is 1.82. The zero-order valence-electron chi connectivity index (χ0n) is 12.1. The Morgan fingerprint density at radius 1 is 1.00 bits per heavy atom. The van der Waals surface area contributed by atoms with Crippen molar-refractivity contribution in [2.45, 2.75) is 13.8 Å². The van der Waals surface area contributed by atoms with Crippen molar-refractivity contribution in [3.8, 4) is 0 Å². The first kappa shape index (κ1) is 13.9. The van der Waals surface area contributed by atoms with Gasteiger partial charge in [-0.25, -0.2) is 4.99 Å². The van der Waals surface area contributed by atoms with Crippen LogP contribution in [0.3, 0.4) is 0 Å². The molecule has 0 unspecified atom stereocenters. The van der Waals surface area contributed by atoms with Crippen molar-refractivity contribution < 1.29 is 0 Å². The van der Waals surface area contributed by atoms with Gasteiger partial charge in [0.05, 0.1) is 11.4 Å². The lowest BCUT2D eigenvalue weighted by atomic mass is 10.1. The number of nitrogens with zero attached hydrogens (tertiary/aromatic N) is 2. The van der Waals surface area contributed by atoms with E-state index in [1.807, 2.05) is 18.2 Å². The van der Waals surface area contributed by atoms with Crippen molar-refractivity contribution in [2.24, 2.45) is 10.1 Å². The van der Waals surface area contributed by atoms with E-state index < -0.39 is 0 Å². The van der Waals surface area contributed by atoms with Gasteiger partial charge in [0.2, 0.25) is 0 Å². The second kappa shape index (κ2) is 6.14. The highest BCUT2D eigenvalue weighted by Gasteiger charge is 2.13. The number of benzene rings is 2. The second-order valence-corrected chi connectivity index (χ2v) is 5.95. The number of para-hydroxylation sites is 1. The number of hydrazone groups is 1. The summed E-state index contributed by atoms with van der Waals surface area (Å²) in [4.78, 5) is 4.71. The Labute approximate surface area is 129 Å². The first-order valence-corrected chi connectivity index (χ1v) is 7.88. The molecule has 0 amide bonds. The van der Waals surface area contributed by atoms with Crippen LogP contribution in [-0.4, -0.2) is 16.6 Å². The van der Waals surface area contributed by atoms with Gasteiger partial charge < -0.3 is 0 Å². The standard InChI is InChI=1S/C17H17N3S/c1-12-7-6-8-13(2)16(12)18-17-20-19-15(11-21-17)14-9-4-3-5-10-14/h3-10H,11H2,1-2H3,(H,18,20). The van der Waals surface area contributed by atoms with Crippen molar-refractivity contribution >= 4 is 28.3 Å². The molecule has 0 radical (unpaired) electrons. The van der Waals surface area contributed by atoms with Gasteiger partial charge in [0.1, 0.15) is 0 Å². The first-order valence-electron chi connectivity index (χ1n) is 6.90. The minimum absolute atomic E-state index is 0.834. The lowest BCUT2D eigenvalue weighted by Crippen LogP contribution is -2.25. The summed E-state index contributed by atoms with van der Waals surface area (Å²) in [6, 6.07) is 16.5. The van der Waals surface area contributed by atoms with Crippen LogP contribution in [0, 0.1) is 13.8 Å². The van der Waals surface area contributed by atoms with Gasteiger partial charge in [0.25, 0.3) is 0 Å². The van der Waals surface area contributed by atoms with Crippen molar-refractivity contribution in [1.82, 2.24) is 5.43 Å². The summed E-state index contributed by atoms with van der Waals surface area (Å²) in [5, 5.41) is 5.31. The van der Waals surface area contributed by atoms with E-state index in [4.69, 9.17) is 4.99 Å². The summed E-state index contributed by atoms with van der Waals surface area (Å²) >= 11 is 1.69. The summed E-state index contributed by atoms with van der Waals surface area (Å²) in [5.41, 5.74) is 8.68. The topological polar surface area (TPSA) is 36.8 Å². The molecule has 1 N–H and O–H groups in total. The zero-order valence-corrected chi connectivity index (χ0v) is 12.9. The average molecular weight is 295 g/mol. The summed E-state index contributed by atoms with van der Waals surface area (Å²) in [7, 11) is 0. The predicted molar refractivity (Wildman–Crippen MR) is 91.6 cm³/mol. The van der Waals surface area contributed by atoms with Crippen LogP contribution in [0.5, 0.6) is 0 Å². The van der Waals surface area contributed by atoms with E-state index in [1.165, 1.54) is 11.1 Å². The van der Waals surface area contributed by atoms with Gasteiger partial charge in [-0.15, -0.1) is 0 Å². The molecule has 1 heterocycles. The molecule has 0 spiro atoms. The van der Waals surface area contributed by atoms with Crippen LogP contribution in [0.2, 0.25) is 0 Å². The Kier molecular flexibility index (Phi) is 4.06. The zero-order chi connectivity index (χ0) is 14.7. The SMILES string of the molecule is Cc1cccc(C)c1N=C1NN=C(c2ccccc2)CS1. The van der Waals surface area contributed by atoms with Gasteiger partial charge in [0.15, 0.2) is 5.17 Å². The van der Waals surface area contributed by atoms with Gasteiger partial charge in [0, 0.05) is 5.75 Å². The highest BCUT2D eigenvalue weighted by atomic mass is 32.2. The maximum atomic E-state index is 4.71. The Morgan fingerprint density at radius 2 is 1.71 bits per heavy atom. The lowest BCUT2D eigenvalue weighted by molar-refractivity contribution is 1.03. The van der Waals surface area contributed by atoms with Crippen LogP contribution < -0.4 is 5.43 Å². The number of thioether (sulfide) groups is 1. The molecule has 2 aromatic rings. The van der Waals surface area contributed by atoms with Crippen LogP contribution in [-0.2, 0) is 0 Å². The number of aliphatic imine (C=N–C) groups is 1. The van der Waals surface area contributed by atoms with E-state index in [0.29, 0.717) is 0 Å². The number of hydrogen-bond donors (Lipinski definition) is 1. The second-order valence-electron chi connectivity index (χ2n) is 4.98. The number of amidine groups is 1. The smallest absolute Gasteiger partial charge is 0.182 e. The third-order valence-electron chi connectivity index (χ3n) is 3.39. The number of hydrogen-bond acceptors (Lipinski definition) is 3. The van der Waals surface area contributed by atoms with Gasteiger partial charge in [-0.2, -0.15) is 5.10 Å². The molecule has 0 atom stereocenters. The predicted octanol–water partition coefficient (Wildman–Crippen LogP) is 4.03. The molecule has 21 heavy (non-hydrogen) atoms. The van der Waals surface area contributed by atoms with Gasteiger partial charge >= 0.3 is 0 Å². The molecule has 0 fully saturated rings. The van der Waals surface area contributed by atoms with Crippen LogP contribution in [0.1, 0.15) is 16.7 Å². The highest BCUT2D eigenvalue weighted by Crippen LogP contribution is 2.25. The summed E-state index contributed by atoms with van der Waals surface area (Å²) < 4.78 is 0. The van der Waals surface area contributed by atoms with E-state index in [2.05, 4.69) is 54.7 Å². The minimum Gasteiger partial charge on any atom is -0.255 e. The quantitative estimate of drug-likeness (QED) is 0.908. The van der Waals surface area contributed by atoms with E-state index in [1.54, 1.807) is 11.8 Å². The molecule has 0 bridgehead atoms. The maximum Gasteiger partial charge on any atom is 0.182 e. The van der Waals surface area contributed by atoms with E-state index >= 15 is 0 Å². The highest BCUT2D eigenvalue weighted by molar-refractivity contribution is 8.14. The molecule has 2 aromatic carbocycles. The van der Waals surface area contributed by atoms with Crippen LogP contribution in [0.4, 0.5) is 5.69 Å². The molecule has 0 saturated carbocycles. The number of aryl methyl sites for hydroxylation is 2. The number of nitrogens with one attached hydrogen (secondary N) is 1. The Morgan fingerprint density at radius 3 is 2.33 bits per heavy atom. The van der Waals surface area contributed by atoms with Crippen molar-refractivity contribution in [3.63, 3.8) is 0 Å². The molecule has 106 valence electrons. The summed E-state index contributed by atoms with van der Waals surface area (Å²) in [5.74, 6) is 0.834. The Bertz CT molecular complexity index is 685. The van der Waals surface area contributed by atoms with Crippen molar-refractivity contribution in [2.75, 3.05) is 5.75 Å². The van der Waals surface area contributed by atoms with E-state index in [9.17, 15) is 0 Å². The van der Waals surface area contributed by atoms with Crippen LogP contribution in [0.25, 0.3) is 0 Å². The average Bonchev–Trinajstić information content (AvgIpc) is 2.53. The number of rotatable bonds is 2. The fraction of sp³-hybridized carbons (Fsp3) is 0.176. The molecular formula is C17H17N3S. The monoisotopic (exact) mass is 295 g/mol.